The van der Waals surface area contributed by atoms with Crippen LogP contribution < -0.4 is 5.32 Å². The first kappa shape index (κ1) is 15.7. The highest BCUT2D eigenvalue weighted by atomic mass is 79.9. The molecule has 0 saturated carbocycles. The van der Waals surface area contributed by atoms with Gasteiger partial charge in [0.15, 0.2) is 0 Å². The maximum absolute atomic E-state index is 3.64. The van der Waals surface area contributed by atoms with E-state index < -0.39 is 0 Å². The third kappa shape index (κ3) is 4.40. The second-order valence-corrected chi connectivity index (χ2v) is 6.34. The number of aryl methyl sites for hydroxylation is 2. The van der Waals surface area contributed by atoms with E-state index in [-0.39, 0.29) is 0 Å². The normalized spacial score (nSPS) is 13.1. The van der Waals surface area contributed by atoms with Gasteiger partial charge < -0.3 is 5.32 Å². The molecule has 0 bridgehead atoms. The highest BCUT2D eigenvalue weighted by Crippen LogP contribution is 2.28. The van der Waals surface area contributed by atoms with Gasteiger partial charge in [0.25, 0.3) is 0 Å². The molecule has 1 aromatic carbocycles. The van der Waals surface area contributed by atoms with Crippen LogP contribution in [0.15, 0.2) is 16.6 Å². The second kappa shape index (κ2) is 7.30. The molecule has 18 heavy (non-hydrogen) atoms. The lowest BCUT2D eigenvalue weighted by molar-refractivity contribution is 0.448. The van der Waals surface area contributed by atoms with Gasteiger partial charge in [-0.3, -0.25) is 0 Å². The summed E-state index contributed by atoms with van der Waals surface area (Å²) in [6.45, 7) is 12.1. The van der Waals surface area contributed by atoms with E-state index in [1.54, 1.807) is 0 Å². The number of benzene rings is 1. The minimum Gasteiger partial charge on any atom is -0.310 e. The van der Waals surface area contributed by atoms with Crippen LogP contribution in [-0.4, -0.2) is 6.54 Å². The van der Waals surface area contributed by atoms with Gasteiger partial charge in [0.2, 0.25) is 0 Å². The van der Waals surface area contributed by atoms with Crippen molar-refractivity contribution in [2.45, 2.75) is 53.5 Å². The van der Waals surface area contributed by atoms with Gasteiger partial charge in [-0.25, -0.2) is 0 Å². The van der Waals surface area contributed by atoms with Gasteiger partial charge in [-0.15, -0.1) is 0 Å². The van der Waals surface area contributed by atoms with Gasteiger partial charge >= 0.3 is 0 Å². The summed E-state index contributed by atoms with van der Waals surface area (Å²) >= 11 is 3.64. The molecule has 0 radical (unpaired) electrons. The molecule has 1 N–H and O–H groups in total. The molecule has 0 aliphatic rings. The summed E-state index contributed by atoms with van der Waals surface area (Å²) in [6.07, 6.45) is 2.48. The van der Waals surface area contributed by atoms with E-state index in [4.69, 9.17) is 0 Å². The van der Waals surface area contributed by atoms with Crippen LogP contribution in [-0.2, 0) is 0 Å². The van der Waals surface area contributed by atoms with E-state index >= 15 is 0 Å². The van der Waals surface area contributed by atoms with Crippen molar-refractivity contribution in [1.82, 2.24) is 5.32 Å². The molecule has 102 valence electrons. The van der Waals surface area contributed by atoms with Crippen LogP contribution in [0, 0.1) is 19.8 Å². The Hall–Kier alpha value is -0.340. The van der Waals surface area contributed by atoms with Crippen LogP contribution in [0.3, 0.4) is 0 Å². The van der Waals surface area contributed by atoms with Crippen molar-refractivity contribution < 1.29 is 0 Å². The van der Waals surface area contributed by atoms with Crippen LogP contribution in [0.5, 0.6) is 0 Å². The molecule has 1 atom stereocenters. The molecular weight excluding hydrogens is 286 g/mol. The van der Waals surface area contributed by atoms with Gasteiger partial charge in [0, 0.05) is 10.5 Å². The minimum absolute atomic E-state index is 0.489. The molecule has 0 aliphatic heterocycles. The molecule has 1 nitrogen and oxygen atoms in total. The Bertz CT molecular complexity index is 362. The predicted octanol–water partition coefficient (Wildman–Crippen LogP) is 5.15. The molecule has 0 fully saturated rings. The summed E-state index contributed by atoms with van der Waals surface area (Å²) in [5.74, 6) is 0.767. The van der Waals surface area contributed by atoms with Crippen LogP contribution in [0.2, 0.25) is 0 Å². The van der Waals surface area contributed by atoms with E-state index in [0.29, 0.717) is 6.04 Å². The van der Waals surface area contributed by atoms with Crippen molar-refractivity contribution in [2.24, 2.45) is 5.92 Å². The zero-order chi connectivity index (χ0) is 13.7. The summed E-state index contributed by atoms with van der Waals surface area (Å²) < 4.78 is 1.24. The smallest absolute Gasteiger partial charge is 0.0320 e. The Morgan fingerprint density at radius 1 is 1.11 bits per heavy atom. The summed E-state index contributed by atoms with van der Waals surface area (Å²) in [5.41, 5.74) is 4.09. The number of hydrogen-bond acceptors (Lipinski definition) is 1. The number of halogens is 1. The molecule has 1 unspecified atom stereocenters. The molecular formula is C16H26BrN. The maximum Gasteiger partial charge on any atom is 0.0320 e. The van der Waals surface area contributed by atoms with Crippen LogP contribution >= 0.6 is 15.9 Å². The lowest BCUT2D eigenvalue weighted by Gasteiger charge is -2.21. The van der Waals surface area contributed by atoms with Crippen LogP contribution in [0.4, 0.5) is 0 Å². The molecule has 1 rings (SSSR count). The molecule has 0 saturated heterocycles. The maximum atomic E-state index is 3.64. The molecule has 0 amide bonds. The van der Waals surface area contributed by atoms with Crippen molar-refractivity contribution in [1.29, 1.82) is 0 Å². The fraction of sp³-hybridized carbons (Fsp3) is 0.625. The van der Waals surface area contributed by atoms with E-state index in [9.17, 15) is 0 Å². The van der Waals surface area contributed by atoms with E-state index in [1.165, 1.54) is 34.0 Å². The number of nitrogens with one attached hydrogen (secondary N) is 1. The zero-order valence-corrected chi connectivity index (χ0v) is 13.9. The fourth-order valence-electron chi connectivity index (χ4n) is 2.31. The first-order chi connectivity index (χ1) is 8.45. The lowest BCUT2D eigenvalue weighted by Crippen LogP contribution is -2.21. The number of rotatable bonds is 6. The van der Waals surface area contributed by atoms with Gasteiger partial charge in [0.05, 0.1) is 0 Å². The molecule has 0 aromatic heterocycles. The lowest BCUT2D eigenvalue weighted by atomic mass is 9.95. The van der Waals surface area contributed by atoms with E-state index in [2.05, 4.69) is 68.0 Å². The highest BCUT2D eigenvalue weighted by Gasteiger charge is 2.13. The number of hydrogen-bond donors (Lipinski definition) is 1. The van der Waals surface area contributed by atoms with E-state index in [0.717, 1.165) is 12.5 Å². The molecule has 0 aliphatic carbocycles. The first-order valence-corrected chi connectivity index (χ1v) is 7.75. The fourth-order valence-corrected chi connectivity index (χ4v) is 2.54. The average Bonchev–Trinajstić information content (AvgIpc) is 2.30. The summed E-state index contributed by atoms with van der Waals surface area (Å²) in [6, 6.07) is 5.11. The second-order valence-electron chi connectivity index (χ2n) is 5.55. The summed E-state index contributed by atoms with van der Waals surface area (Å²) in [5, 5.41) is 3.61. The van der Waals surface area contributed by atoms with Gasteiger partial charge in [0.1, 0.15) is 0 Å². The standard InChI is InChI=1S/C16H26BrN/c1-6-18-15(8-7-11(2)3)14-9-12(4)16(17)13(5)10-14/h9-11,15,18H,6-8H2,1-5H3. The van der Waals surface area contributed by atoms with Gasteiger partial charge in [-0.2, -0.15) is 0 Å². The Morgan fingerprint density at radius 2 is 1.67 bits per heavy atom. The van der Waals surface area contributed by atoms with Crippen molar-refractivity contribution in [3.8, 4) is 0 Å². The Kier molecular flexibility index (Phi) is 6.37. The Labute approximate surface area is 120 Å². The average molecular weight is 312 g/mol. The zero-order valence-electron chi connectivity index (χ0n) is 12.3. The SMILES string of the molecule is CCNC(CCC(C)C)c1cc(C)c(Br)c(C)c1. The molecule has 2 heteroatoms. The molecule has 0 spiro atoms. The predicted molar refractivity (Wildman–Crippen MR) is 84.1 cm³/mol. The first-order valence-electron chi connectivity index (χ1n) is 6.95. The van der Waals surface area contributed by atoms with Crippen LogP contribution in [0.25, 0.3) is 0 Å². The Balaban J connectivity index is 2.91. The largest absolute Gasteiger partial charge is 0.310 e. The van der Waals surface area contributed by atoms with Gasteiger partial charge in [-0.05, 0) is 55.8 Å². The van der Waals surface area contributed by atoms with Crippen molar-refractivity contribution in [3.05, 3.63) is 33.3 Å². The minimum atomic E-state index is 0.489. The van der Waals surface area contributed by atoms with Crippen LogP contribution in [0.1, 0.15) is 56.3 Å². The third-order valence-electron chi connectivity index (χ3n) is 3.34. The van der Waals surface area contributed by atoms with E-state index in [1.807, 2.05) is 0 Å². The van der Waals surface area contributed by atoms with Crippen molar-refractivity contribution >= 4 is 15.9 Å². The molecule has 0 heterocycles. The summed E-state index contributed by atoms with van der Waals surface area (Å²) in [4.78, 5) is 0. The summed E-state index contributed by atoms with van der Waals surface area (Å²) in [7, 11) is 0. The molecule has 1 aromatic rings. The highest BCUT2D eigenvalue weighted by molar-refractivity contribution is 9.10. The Morgan fingerprint density at radius 3 is 2.11 bits per heavy atom. The topological polar surface area (TPSA) is 12.0 Å². The van der Waals surface area contributed by atoms with Crippen molar-refractivity contribution in [3.63, 3.8) is 0 Å². The third-order valence-corrected chi connectivity index (χ3v) is 4.60. The quantitative estimate of drug-likeness (QED) is 0.765. The van der Waals surface area contributed by atoms with Crippen molar-refractivity contribution in [2.75, 3.05) is 6.54 Å². The van der Waals surface area contributed by atoms with Gasteiger partial charge in [-0.1, -0.05) is 48.8 Å². The monoisotopic (exact) mass is 311 g/mol.